The molecular formula is C19H37N3O3S. The van der Waals surface area contributed by atoms with Crippen LogP contribution in [0.3, 0.4) is 0 Å². The zero-order valence-corrected chi connectivity index (χ0v) is 18.1. The fraction of sp³-hybridized carbons (Fsp3) is 0.842. The highest BCUT2D eigenvalue weighted by atomic mass is 32.2. The van der Waals surface area contributed by atoms with E-state index in [0.717, 1.165) is 12.7 Å². The molecule has 0 rings (SSSR count). The van der Waals surface area contributed by atoms with Gasteiger partial charge in [-0.25, -0.2) is 0 Å². The molecule has 0 aliphatic rings. The van der Waals surface area contributed by atoms with Crippen LogP contribution in [-0.4, -0.2) is 46.7 Å². The smallest absolute Gasteiger partial charge is 0.243 e. The molecule has 0 radical (unpaired) electrons. The third-order valence-corrected chi connectivity index (χ3v) is 5.43. The van der Waals surface area contributed by atoms with Crippen LogP contribution < -0.4 is 16.4 Å². The quantitative estimate of drug-likeness (QED) is 0.471. The summed E-state index contributed by atoms with van der Waals surface area (Å²) < 4.78 is 0.0133. The van der Waals surface area contributed by atoms with Crippen molar-refractivity contribution in [2.24, 2.45) is 17.6 Å². The maximum absolute atomic E-state index is 12.6. The average molecular weight is 388 g/mol. The molecule has 0 heterocycles. The lowest BCUT2D eigenvalue weighted by atomic mass is 9.97. The number of thioether (sulfide) groups is 1. The SMILES string of the molecule is CC[C@H](C)[C@H](NC(=O)[C@@H](N)CSC(C)(C)C)C(=O)N[C@H](C=O)CC(C)C. The van der Waals surface area contributed by atoms with Crippen molar-refractivity contribution in [3.05, 3.63) is 0 Å². The monoisotopic (exact) mass is 387 g/mol. The number of hydrogen-bond donors (Lipinski definition) is 3. The Morgan fingerprint density at radius 2 is 1.69 bits per heavy atom. The molecule has 0 spiro atoms. The van der Waals surface area contributed by atoms with Gasteiger partial charge < -0.3 is 21.2 Å². The first-order chi connectivity index (χ1) is 11.9. The Kier molecular flexibility index (Phi) is 11.1. The van der Waals surface area contributed by atoms with Gasteiger partial charge >= 0.3 is 0 Å². The molecule has 4 N–H and O–H groups in total. The maximum atomic E-state index is 12.6. The van der Waals surface area contributed by atoms with Crippen molar-refractivity contribution in [2.45, 2.75) is 84.2 Å². The first-order valence-electron chi connectivity index (χ1n) is 9.36. The molecule has 0 saturated carbocycles. The van der Waals surface area contributed by atoms with Crippen LogP contribution in [0.25, 0.3) is 0 Å². The molecule has 6 nitrogen and oxygen atoms in total. The van der Waals surface area contributed by atoms with E-state index in [9.17, 15) is 14.4 Å². The topological polar surface area (TPSA) is 101 Å². The highest BCUT2D eigenvalue weighted by molar-refractivity contribution is 8.00. The molecule has 0 aromatic heterocycles. The maximum Gasteiger partial charge on any atom is 0.243 e. The van der Waals surface area contributed by atoms with E-state index in [2.05, 4.69) is 31.4 Å². The van der Waals surface area contributed by atoms with Crippen LogP contribution in [0.2, 0.25) is 0 Å². The van der Waals surface area contributed by atoms with Crippen molar-refractivity contribution in [3.8, 4) is 0 Å². The highest BCUT2D eigenvalue weighted by Gasteiger charge is 2.29. The fourth-order valence-corrected chi connectivity index (χ4v) is 3.14. The van der Waals surface area contributed by atoms with Gasteiger partial charge in [0.05, 0.1) is 12.1 Å². The van der Waals surface area contributed by atoms with Crippen molar-refractivity contribution < 1.29 is 14.4 Å². The minimum Gasteiger partial charge on any atom is -0.345 e. The standard InChI is InChI=1S/C19H37N3O3S/c1-8-13(4)16(18(25)21-14(10-23)9-12(2)3)22-17(24)15(20)11-26-19(5,6)7/h10,12-16H,8-9,11,20H2,1-7H3,(H,21,25)(H,22,24)/t13-,14-,15-,16-/m0/s1. The Hall–Kier alpha value is -1.08. The van der Waals surface area contributed by atoms with Crippen molar-refractivity contribution in [1.82, 2.24) is 10.6 Å². The van der Waals surface area contributed by atoms with E-state index in [0.29, 0.717) is 12.2 Å². The van der Waals surface area contributed by atoms with Crippen LogP contribution in [-0.2, 0) is 14.4 Å². The first-order valence-corrected chi connectivity index (χ1v) is 10.3. The van der Waals surface area contributed by atoms with Crippen LogP contribution in [0.15, 0.2) is 0 Å². The van der Waals surface area contributed by atoms with Gasteiger partial charge in [0.15, 0.2) is 0 Å². The summed E-state index contributed by atoms with van der Waals surface area (Å²) in [6.45, 7) is 14.0. The van der Waals surface area contributed by atoms with Crippen LogP contribution in [0.5, 0.6) is 0 Å². The molecule has 4 atom stereocenters. The first kappa shape index (κ1) is 24.9. The molecule has 0 saturated heterocycles. The van der Waals surface area contributed by atoms with E-state index in [1.54, 1.807) is 11.8 Å². The van der Waals surface area contributed by atoms with Crippen LogP contribution in [0, 0.1) is 11.8 Å². The van der Waals surface area contributed by atoms with Crippen molar-refractivity contribution in [2.75, 3.05) is 5.75 Å². The summed E-state index contributed by atoms with van der Waals surface area (Å²) >= 11 is 1.61. The van der Waals surface area contributed by atoms with Gasteiger partial charge in [0, 0.05) is 10.5 Å². The van der Waals surface area contributed by atoms with Gasteiger partial charge in [0.2, 0.25) is 11.8 Å². The molecule has 0 aromatic carbocycles. The summed E-state index contributed by atoms with van der Waals surface area (Å²) in [5, 5.41) is 5.53. The van der Waals surface area contributed by atoms with Gasteiger partial charge in [0.25, 0.3) is 0 Å². The number of amides is 2. The van der Waals surface area contributed by atoms with Crippen LogP contribution >= 0.6 is 11.8 Å². The predicted octanol–water partition coefficient (Wildman–Crippen LogP) is 2.11. The normalized spacial score (nSPS) is 16.5. The molecular weight excluding hydrogens is 350 g/mol. The molecule has 7 heteroatoms. The number of nitrogens with two attached hydrogens (primary N) is 1. The Morgan fingerprint density at radius 1 is 1.12 bits per heavy atom. The largest absolute Gasteiger partial charge is 0.345 e. The summed E-state index contributed by atoms with van der Waals surface area (Å²) in [6.07, 6.45) is 2.04. The lowest BCUT2D eigenvalue weighted by molar-refractivity contribution is -0.131. The number of nitrogens with one attached hydrogen (secondary N) is 2. The number of aldehydes is 1. The lowest BCUT2D eigenvalue weighted by Crippen LogP contribution is -2.56. The van der Waals surface area contributed by atoms with E-state index in [4.69, 9.17) is 5.73 Å². The molecule has 0 aromatic rings. The second-order valence-electron chi connectivity index (χ2n) is 8.28. The summed E-state index contributed by atoms with van der Waals surface area (Å²) in [4.78, 5) is 36.3. The predicted molar refractivity (Wildman–Crippen MR) is 109 cm³/mol. The summed E-state index contributed by atoms with van der Waals surface area (Å²) in [5.74, 6) is 0.0293. The van der Waals surface area contributed by atoms with E-state index in [1.807, 2.05) is 27.7 Å². The second kappa shape index (κ2) is 11.6. The van der Waals surface area contributed by atoms with Crippen molar-refractivity contribution >= 4 is 29.9 Å². The second-order valence-corrected chi connectivity index (χ2v) is 10.1. The number of rotatable bonds is 11. The molecule has 0 aliphatic carbocycles. The van der Waals surface area contributed by atoms with Crippen molar-refractivity contribution in [1.29, 1.82) is 0 Å². The van der Waals surface area contributed by atoms with Crippen molar-refractivity contribution in [3.63, 3.8) is 0 Å². The molecule has 0 bridgehead atoms. The fourth-order valence-electron chi connectivity index (χ4n) is 2.31. The van der Waals surface area contributed by atoms with E-state index >= 15 is 0 Å². The molecule has 0 unspecified atom stereocenters. The van der Waals surface area contributed by atoms with Crippen LogP contribution in [0.1, 0.15) is 61.3 Å². The lowest BCUT2D eigenvalue weighted by Gasteiger charge is -2.27. The zero-order chi connectivity index (χ0) is 20.5. The third kappa shape index (κ3) is 10.2. The Bertz CT molecular complexity index is 463. The van der Waals surface area contributed by atoms with E-state index in [-0.39, 0.29) is 28.4 Å². The number of carbonyl (C=O) groups excluding carboxylic acids is 3. The van der Waals surface area contributed by atoms with Gasteiger partial charge in [-0.3, -0.25) is 9.59 Å². The molecule has 152 valence electrons. The Morgan fingerprint density at radius 3 is 2.12 bits per heavy atom. The molecule has 0 aliphatic heterocycles. The third-order valence-electron chi connectivity index (χ3n) is 4.04. The minimum absolute atomic E-state index is 0.0133. The minimum atomic E-state index is -0.701. The Labute approximate surface area is 162 Å². The summed E-state index contributed by atoms with van der Waals surface area (Å²) in [5.41, 5.74) is 5.99. The average Bonchev–Trinajstić information content (AvgIpc) is 2.54. The van der Waals surface area contributed by atoms with Gasteiger partial charge in [-0.2, -0.15) is 11.8 Å². The number of hydrogen-bond acceptors (Lipinski definition) is 5. The van der Waals surface area contributed by atoms with E-state index in [1.165, 1.54) is 0 Å². The van der Waals surface area contributed by atoms with Gasteiger partial charge in [-0.1, -0.05) is 54.9 Å². The van der Waals surface area contributed by atoms with Crippen LogP contribution in [0.4, 0.5) is 0 Å². The van der Waals surface area contributed by atoms with Gasteiger partial charge in [0.1, 0.15) is 12.3 Å². The zero-order valence-electron chi connectivity index (χ0n) is 17.3. The molecule has 0 fully saturated rings. The highest BCUT2D eigenvalue weighted by Crippen LogP contribution is 2.23. The summed E-state index contributed by atoms with van der Waals surface area (Å²) in [7, 11) is 0. The molecule has 2 amide bonds. The van der Waals surface area contributed by atoms with Gasteiger partial charge in [-0.15, -0.1) is 0 Å². The molecule has 26 heavy (non-hydrogen) atoms. The Balaban J connectivity index is 4.95. The summed E-state index contributed by atoms with van der Waals surface area (Å²) in [6, 6.07) is -1.93. The van der Waals surface area contributed by atoms with Gasteiger partial charge in [-0.05, 0) is 18.3 Å². The van der Waals surface area contributed by atoms with E-state index < -0.39 is 18.1 Å². The number of carbonyl (C=O) groups is 3.